The summed E-state index contributed by atoms with van der Waals surface area (Å²) < 4.78 is 5.60. The highest BCUT2D eigenvalue weighted by molar-refractivity contribution is 5.46. The fourth-order valence-electron chi connectivity index (χ4n) is 3.27. The van der Waals surface area contributed by atoms with Gasteiger partial charge >= 0.3 is 0 Å². The van der Waals surface area contributed by atoms with Gasteiger partial charge in [-0.05, 0) is 55.2 Å². The van der Waals surface area contributed by atoms with Gasteiger partial charge < -0.3 is 9.64 Å². The average Bonchev–Trinajstić information content (AvgIpc) is 3.01. The molecule has 1 aliphatic heterocycles. The molecule has 0 N–H and O–H groups in total. The van der Waals surface area contributed by atoms with Crippen LogP contribution in [0, 0.1) is 5.92 Å². The number of benzene rings is 1. The Morgan fingerprint density at radius 3 is 2.86 bits per heavy atom. The zero-order valence-electron chi connectivity index (χ0n) is 14.2. The average molecular weight is 303 g/mol. The molecule has 1 heterocycles. The van der Waals surface area contributed by atoms with Gasteiger partial charge in [-0.25, -0.2) is 0 Å². The van der Waals surface area contributed by atoms with E-state index in [4.69, 9.17) is 4.74 Å². The summed E-state index contributed by atoms with van der Waals surface area (Å²) in [5.41, 5.74) is 2.81. The molecule has 1 aliphatic rings. The monoisotopic (exact) mass is 303 g/mol. The number of ether oxygens (including phenoxy) is 1. The van der Waals surface area contributed by atoms with Gasteiger partial charge in [0.15, 0.2) is 0 Å². The third kappa shape index (κ3) is 4.25. The molecule has 0 bridgehead atoms. The molecule has 1 amide bonds. The number of nitrogens with zero attached hydrogens (tertiary/aromatic N) is 1. The van der Waals surface area contributed by atoms with E-state index in [1.54, 1.807) is 0 Å². The van der Waals surface area contributed by atoms with Crippen LogP contribution in [0.4, 0.5) is 0 Å². The van der Waals surface area contributed by atoms with Crippen LogP contribution in [0.15, 0.2) is 18.2 Å². The van der Waals surface area contributed by atoms with Crippen LogP contribution in [0.1, 0.15) is 57.1 Å². The molecule has 1 aromatic carbocycles. The number of amides is 1. The number of hydrogen-bond acceptors (Lipinski definition) is 2. The van der Waals surface area contributed by atoms with Gasteiger partial charge in [-0.2, -0.15) is 0 Å². The van der Waals surface area contributed by atoms with Crippen molar-refractivity contribution in [1.82, 2.24) is 4.90 Å². The molecular weight excluding hydrogens is 274 g/mol. The first kappa shape index (κ1) is 16.9. The van der Waals surface area contributed by atoms with Gasteiger partial charge in [-0.15, -0.1) is 0 Å². The quantitative estimate of drug-likeness (QED) is 0.645. The first-order chi connectivity index (χ1) is 10.7. The number of carbonyl (C=O) groups excluding carboxylic acids is 1. The minimum atomic E-state index is 0.604. The molecule has 0 saturated heterocycles. The highest BCUT2D eigenvalue weighted by Crippen LogP contribution is 2.33. The van der Waals surface area contributed by atoms with Crippen LogP contribution in [0.25, 0.3) is 0 Å². The maximum absolute atomic E-state index is 10.9. The molecule has 0 radical (unpaired) electrons. The van der Waals surface area contributed by atoms with E-state index in [0.29, 0.717) is 11.8 Å². The summed E-state index contributed by atoms with van der Waals surface area (Å²) in [6.07, 6.45) is 5.43. The van der Waals surface area contributed by atoms with E-state index in [2.05, 4.69) is 32.0 Å². The smallest absolute Gasteiger partial charge is 0.209 e. The molecule has 0 saturated carbocycles. The minimum absolute atomic E-state index is 0.604. The maximum atomic E-state index is 10.9. The third-order valence-electron chi connectivity index (χ3n) is 4.83. The van der Waals surface area contributed by atoms with Gasteiger partial charge in [0, 0.05) is 19.5 Å². The van der Waals surface area contributed by atoms with Crippen molar-refractivity contribution in [3.63, 3.8) is 0 Å². The van der Waals surface area contributed by atoms with Crippen LogP contribution in [0.2, 0.25) is 0 Å². The Morgan fingerprint density at radius 2 is 2.18 bits per heavy atom. The van der Waals surface area contributed by atoms with Crippen LogP contribution >= 0.6 is 0 Å². The Hall–Kier alpha value is -1.51. The normalized spacial score (nSPS) is 15.8. The number of hydrogen-bond donors (Lipinski definition) is 0. The maximum Gasteiger partial charge on any atom is 0.209 e. The Morgan fingerprint density at radius 1 is 1.36 bits per heavy atom. The van der Waals surface area contributed by atoms with E-state index in [1.165, 1.54) is 17.5 Å². The molecule has 3 nitrogen and oxygen atoms in total. The Balaban J connectivity index is 1.92. The molecule has 0 fully saturated rings. The van der Waals surface area contributed by atoms with E-state index in [0.717, 1.165) is 51.1 Å². The van der Waals surface area contributed by atoms with Crippen molar-refractivity contribution in [3.05, 3.63) is 29.3 Å². The second-order valence-corrected chi connectivity index (χ2v) is 6.43. The highest BCUT2D eigenvalue weighted by atomic mass is 16.5. The molecule has 0 aromatic heterocycles. The second kappa shape index (κ2) is 8.21. The van der Waals surface area contributed by atoms with Crippen molar-refractivity contribution >= 4 is 6.41 Å². The Bertz CT molecular complexity index is 486. The van der Waals surface area contributed by atoms with Crippen molar-refractivity contribution in [2.75, 3.05) is 19.7 Å². The number of rotatable bonds is 9. The molecule has 2 atom stereocenters. The first-order valence-corrected chi connectivity index (χ1v) is 8.62. The summed E-state index contributed by atoms with van der Waals surface area (Å²) in [6.45, 7) is 9.10. The van der Waals surface area contributed by atoms with Crippen molar-refractivity contribution in [2.45, 2.75) is 52.4 Å². The lowest BCUT2D eigenvalue weighted by Gasteiger charge is -2.23. The lowest BCUT2D eigenvalue weighted by molar-refractivity contribution is -0.118. The van der Waals surface area contributed by atoms with Gasteiger partial charge in [-0.3, -0.25) is 4.79 Å². The summed E-state index contributed by atoms with van der Waals surface area (Å²) >= 11 is 0. The van der Waals surface area contributed by atoms with Crippen LogP contribution in [0.5, 0.6) is 5.75 Å². The second-order valence-electron chi connectivity index (χ2n) is 6.43. The fourth-order valence-corrected chi connectivity index (χ4v) is 3.27. The number of carbonyl (C=O) groups is 1. The summed E-state index contributed by atoms with van der Waals surface area (Å²) in [4.78, 5) is 12.7. The highest BCUT2D eigenvalue weighted by Gasteiger charge is 2.18. The summed E-state index contributed by atoms with van der Waals surface area (Å²) in [5, 5.41) is 0. The SMILES string of the molecule is CCC(CC(C)CCN(C=O)CC)c1ccc2c(c1)CCO2. The molecule has 1 aromatic rings. The molecular formula is C19H29NO2. The molecule has 2 unspecified atom stereocenters. The lowest BCUT2D eigenvalue weighted by atomic mass is 9.85. The molecule has 0 aliphatic carbocycles. The van der Waals surface area contributed by atoms with Crippen molar-refractivity contribution in [1.29, 1.82) is 0 Å². The first-order valence-electron chi connectivity index (χ1n) is 8.62. The third-order valence-corrected chi connectivity index (χ3v) is 4.83. The predicted molar refractivity (Wildman–Crippen MR) is 90.4 cm³/mol. The minimum Gasteiger partial charge on any atom is -0.493 e. The van der Waals surface area contributed by atoms with Gasteiger partial charge in [0.05, 0.1) is 6.61 Å². The summed E-state index contributed by atoms with van der Waals surface area (Å²) in [7, 11) is 0. The van der Waals surface area contributed by atoms with E-state index >= 15 is 0 Å². The Kier molecular flexibility index (Phi) is 6.29. The molecule has 22 heavy (non-hydrogen) atoms. The van der Waals surface area contributed by atoms with Crippen LogP contribution in [-0.4, -0.2) is 31.0 Å². The van der Waals surface area contributed by atoms with E-state index in [-0.39, 0.29) is 0 Å². The van der Waals surface area contributed by atoms with Crippen molar-refractivity contribution < 1.29 is 9.53 Å². The van der Waals surface area contributed by atoms with Crippen molar-refractivity contribution in [2.24, 2.45) is 5.92 Å². The number of fused-ring (bicyclic) bond motifs is 1. The zero-order chi connectivity index (χ0) is 15.9. The van der Waals surface area contributed by atoms with E-state index < -0.39 is 0 Å². The van der Waals surface area contributed by atoms with Gasteiger partial charge in [0.2, 0.25) is 6.41 Å². The predicted octanol–water partition coefficient (Wildman–Crippen LogP) is 4.01. The molecule has 0 spiro atoms. The van der Waals surface area contributed by atoms with E-state index in [1.807, 2.05) is 11.8 Å². The lowest BCUT2D eigenvalue weighted by Crippen LogP contribution is -2.24. The Labute approximate surface area is 134 Å². The summed E-state index contributed by atoms with van der Waals surface area (Å²) in [6, 6.07) is 6.71. The molecule has 122 valence electrons. The van der Waals surface area contributed by atoms with Gasteiger partial charge in [0.1, 0.15) is 5.75 Å². The summed E-state index contributed by atoms with van der Waals surface area (Å²) in [5.74, 6) is 2.30. The van der Waals surface area contributed by atoms with Gasteiger partial charge in [-0.1, -0.05) is 26.0 Å². The van der Waals surface area contributed by atoms with Gasteiger partial charge in [0.25, 0.3) is 0 Å². The van der Waals surface area contributed by atoms with Crippen LogP contribution in [0.3, 0.4) is 0 Å². The topological polar surface area (TPSA) is 29.5 Å². The molecule has 2 rings (SSSR count). The largest absolute Gasteiger partial charge is 0.493 e. The van der Waals surface area contributed by atoms with Crippen LogP contribution in [-0.2, 0) is 11.2 Å². The van der Waals surface area contributed by atoms with E-state index in [9.17, 15) is 4.79 Å². The fraction of sp³-hybridized carbons (Fsp3) is 0.632. The van der Waals surface area contributed by atoms with Crippen LogP contribution < -0.4 is 4.74 Å². The van der Waals surface area contributed by atoms with Crippen molar-refractivity contribution in [3.8, 4) is 5.75 Å². The zero-order valence-corrected chi connectivity index (χ0v) is 14.2. The molecule has 3 heteroatoms. The standard InChI is InChI=1S/C19H29NO2/c1-4-16(12-15(3)8-10-20(5-2)14-21)17-6-7-19-18(13-17)9-11-22-19/h6-7,13-16H,4-5,8-12H2,1-3H3.